The summed E-state index contributed by atoms with van der Waals surface area (Å²) in [6.45, 7) is 0. The van der Waals surface area contributed by atoms with Crippen molar-refractivity contribution in [1.29, 1.82) is 0 Å². The molecule has 2 aromatic rings. The normalized spacial score (nSPS) is 20.6. The van der Waals surface area contributed by atoms with Gasteiger partial charge in [0.1, 0.15) is 6.10 Å². The predicted molar refractivity (Wildman–Crippen MR) is 97.1 cm³/mol. The molecule has 3 rings (SSSR count). The minimum atomic E-state index is -1.80. The highest BCUT2D eigenvalue weighted by atomic mass is 16.6. The molecule has 2 atom stereocenters. The van der Waals surface area contributed by atoms with Gasteiger partial charge in [-0.25, -0.2) is 4.79 Å². The number of likely N-dealkylation sites (N-methyl/N-ethyl adjacent to an activating group) is 1. The van der Waals surface area contributed by atoms with Crippen LogP contribution in [0.15, 0.2) is 60.7 Å². The van der Waals surface area contributed by atoms with E-state index in [0.29, 0.717) is 11.1 Å². The minimum absolute atomic E-state index is 0.193. The minimum Gasteiger partial charge on any atom is -0.458 e. The third kappa shape index (κ3) is 3.46. The van der Waals surface area contributed by atoms with E-state index in [9.17, 15) is 9.90 Å². The van der Waals surface area contributed by atoms with Gasteiger partial charge in [-0.15, -0.1) is 0 Å². The van der Waals surface area contributed by atoms with Crippen molar-refractivity contribution >= 4 is 5.97 Å². The first kappa shape index (κ1) is 17.6. The van der Waals surface area contributed by atoms with Crippen molar-refractivity contribution in [3.05, 3.63) is 71.8 Å². The van der Waals surface area contributed by atoms with Crippen LogP contribution in [-0.2, 0) is 15.1 Å². The van der Waals surface area contributed by atoms with E-state index in [1.165, 1.54) is 0 Å². The van der Waals surface area contributed by atoms with Crippen molar-refractivity contribution in [3.8, 4) is 0 Å². The quantitative estimate of drug-likeness (QED) is 0.851. The summed E-state index contributed by atoms with van der Waals surface area (Å²) in [6.07, 6.45) is 2.66. The molecular weight excluding hydrogens is 314 g/mol. The zero-order valence-corrected chi connectivity index (χ0v) is 14.8. The van der Waals surface area contributed by atoms with Gasteiger partial charge in [-0.2, -0.15) is 0 Å². The van der Waals surface area contributed by atoms with Gasteiger partial charge >= 0.3 is 5.97 Å². The van der Waals surface area contributed by atoms with E-state index in [-0.39, 0.29) is 12.1 Å². The summed E-state index contributed by atoms with van der Waals surface area (Å²) in [5, 5.41) is 11.4. The van der Waals surface area contributed by atoms with E-state index in [0.717, 1.165) is 19.3 Å². The molecule has 1 N–H and O–H groups in total. The van der Waals surface area contributed by atoms with Crippen molar-refractivity contribution in [2.75, 3.05) is 14.1 Å². The highest BCUT2D eigenvalue weighted by Gasteiger charge is 2.44. The topological polar surface area (TPSA) is 49.8 Å². The lowest BCUT2D eigenvalue weighted by molar-refractivity contribution is -0.169. The summed E-state index contributed by atoms with van der Waals surface area (Å²) < 4.78 is 5.83. The fourth-order valence-corrected chi connectivity index (χ4v) is 3.62. The Labute approximate surface area is 149 Å². The molecule has 1 aliphatic rings. The number of nitrogens with zero attached hydrogens (tertiary/aromatic N) is 1. The lowest BCUT2D eigenvalue weighted by Crippen LogP contribution is -2.44. The average molecular weight is 339 g/mol. The zero-order valence-electron chi connectivity index (χ0n) is 14.8. The lowest BCUT2D eigenvalue weighted by Gasteiger charge is -2.31. The van der Waals surface area contributed by atoms with Gasteiger partial charge in [-0.05, 0) is 44.5 Å². The number of rotatable bonds is 5. The molecule has 0 aliphatic heterocycles. The van der Waals surface area contributed by atoms with Crippen LogP contribution in [0.3, 0.4) is 0 Å². The first-order valence-electron chi connectivity index (χ1n) is 8.74. The molecule has 0 bridgehead atoms. The monoisotopic (exact) mass is 339 g/mol. The van der Waals surface area contributed by atoms with Crippen molar-refractivity contribution in [2.24, 2.45) is 0 Å². The number of hydrogen-bond donors (Lipinski definition) is 1. The Morgan fingerprint density at radius 3 is 2.00 bits per heavy atom. The second-order valence-electron chi connectivity index (χ2n) is 6.85. The molecule has 1 fully saturated rings. The van der Waals surface area contributed by atoms with Gasteiger partial charge in [0.15, 0.2) is 0 Å². The maximum absolute atomic E-state index is 13.1. The van der Waals surface area contributed by atoms with E-state index in [4.69, 9.17) is 4.74 Å². The predicted octanol–water partition coefficient (Wildman–Crippen LogP) is 2.95. The molecule has 2 aromatic carbocycles. The van der Waals surface area contributed by atoms with Crippen molar-refractivity contribution in [2.45, 2.75) is 37.0 Å². The zero-order chi connectivity index (χ0) is 17.9. The fourth-order valence-electron chi connectivity index (χ4n) is 3.62. The van der Waals surface area contributed by atoms with Crippen LogP contribution in [0, 0.1) is 0 Å². The van der Waals surface area contributed by atoms with Crippen LogP contribution >= 0.6 is 0 Å². The molecular formula is C21H25NO3. The summed E-state index contributed by atoms with van der Waals surface area (Å²) in [4.78, 5) is 15.2. The molecule has 0 saturated heterocycles. The maximum Gasteiger partial charge on any atom is 0.348 e. The van der Waals surface area contributed by atoms with Crippen LogP contribution in [0.25, 0.3) is 0 Å². The second-order valence-corrected chi connectivity index (χ2v) is 6.85. The van der Waals surface area contributed by atoms with Crippen LogP contribution < -0.4 is 0 Å². The molecule has 1 saturated carbocycles. The van der Waals surface area contributed by atoms with Gasteiger partial charge in [-0.1, -0.05) is 60.7 Å². The number of benzene rings is 2. The Bertz CT molecular complexity index is 660. The molecule has 0 aromatic heterocycles. The molecule has 0 unspecified atom stereocenters. The van der Waals surface area contributed by atoms with E-state index >= 15 is 0 Å². The maximum atomic E-state index is 13.1. The molecule has 4 heteroatoms. The molecule has 1 aliphatic carbocycles. The van der Waals surface area contributed by atoms with Crippen LogP contribution in [-0.4, -0.2) is 42.2 Å². The number of carbonyl (C=O) groups excluding carboxylic acids is 1. The number of aliphatic hydroxyl groups is 1. The number of ether oxygens (including phenoxy) is 1. The summed E-state index contributed by atoms with van der Waals surface area (Å²) in [5.74, 6) is -0.608. The summed E-state index contributed by atoms with van der Waals surface area (Å²) in [7, 11) is 3.99. The molecule has 132 valence electrons. The van der Waals surface area contributed by atoms with E-state index < -0.39 is 11.6 Å². The van der Waals surface area contributed by atoms with Crippen LogP contribution in [0.5, 0.6) is 0 Å². The largest absolute Gasteiger partial charge is 0.458 e. The SMILES string of the molecule is CN(C)[C@@H]1CCC[C@@H]1OC(=O)C(O)(c1ccccc1)c1ccccc1. The molecule has 4 nitrogen and oxygen atoms in total. The van der Waals surface area contributed by atoms with Crippen molar-refractivity contribution in [1.82, 2.24) is 4.90 Å². The number of carbonyl (C=O) groups is 1. The average Bonchev–Trinajstić information content (AvgIpc) is 3.11. The van der Waals surface area contributed by atoms with Crippen LogP contribution in [0.4, 0.5) is 0 Å². The second kappa shape index (κ2) is 7.38. The number of esters is 1. The lowest BCUT2D eigenvalue weighted by atomic mass is 9.86. The third-order valence-corrected chi connectivity index (χ3v) is 5.02. The Morgan fingerprint density at radius 1 is 1.00 bits per heavy atom. The van der Waals surface area contributed by atoms with Crippen molar-refractivity contribution < 1.29 is 14.6 Å². The Morgan fingerprint density at radius 2 is 1.52 bits per heavy atom. The summed E-state index contributed by atoms with van der Waals surface area (Å²) >= 11 is 0. The molecule has 0 spiro atoms. The fraction of sp³-hybridized carbons (Fsp3) is 0.381. The van der Waals surface area contributed by atoms with Gasteiger partial charge in [0.2, 0.25) is 5.60 Å². The van der Waals surface area contributed by atoms with Crippen molar-refractivity contribution in [3.63, 3.8) is 0 Å². The molecule has 0 radical (unpaired) electrons. The molecule has 0 amide bonds. The highest BCUT2D eigenvalue weighted by molar-refractivity contribution is 5.85. The first-order valence-corrected chi connectivity index (χ1v) is 8.74. The molecule has 0 heterocycles. The summed E-state index contributed by atoms with van der Waals surface area (Å²) in [5.41, 5.74) is -0.765. The molecule has 25 heavy (non-hydrogen) atoms. The Hall–Kier alpha value is -2.17. The van der Waals surface area contributed by atoms with Gasteiger partial charge in [0.25, 0.3) is 0 Å². The smallest absolute Gasteiger partial charge is 0.348 e. The van der Waals surface area contributed by atoms with Gasteiger partial charge < -0.3 is 14.7 Å². The first-order chi connectivity index (χ1) is 12.0. The van der Waals surface area contributed by atoms with Crippen LogP contribution in [0.2, 0.25) is 0 Å². The highest BCUT2D eigenvalue weighted by Crippen LogP contribution is 2.34. The van der Waals surface area contributed by atoms with Gasteiger partial charge in [0, 0.05) is 6.04 Å². The summed E-state index contributed by atoms with van der Waals surface area (Å²) in [6, 6.07) is 18.2. The number of hydrogen-bond acceptors (Lipinski definition) is 4. The van der Waals surface area contributed by atoms with Gasteiger partial charge in [-0.3, -0.25) is 0 Å². The van der Waals surface area contributed by atoms with Crippen LogP contribution in [0.1, 0.15) is 30.4 Å². The third-order valence-electron chi connectivity index (χ3n) is 5.02. The Kier molecular flexibility index (Phi) is 5.21. The van der Waals surface area contributed by atoms with E-state index in [1.807, 2.05) is 50.5 Å². The van der Waals surface area contributed by atoms with E-state index in [1.54, 1.807) is 24.3 Å². The van der Waals surface area contributed by atoms with Gasteiger partial charge in [0.05, 0.1) is 0 Å². The van der Waals surface area contributed by atoms with E-state index in [2.05, 4.69) is 4.90 Å². The standard InChI is InChI=1S/C21H25NO3/c1-22(2)18-14-9-15-19(18)25-20(23)21(24,16-10-5-3-6-11-16)17-12-7-4-8-13-17/h3-8,10-13,18-19,24H,9,14-15H2,1-2H3/t18-,19+/m1/s1. The Balaban J connectivity index is 1.94.